The fourth-order valence-electron chi connectivity index (χ4n) is 1.00. The molecule has 1 rings (SSSR count). The number of carbonyl (C=O) groups excluding carboxylic acids is 1. The van der Waals surface area contributed by atoms with Gasteiger partial charge in [0.15, 0.2) is 0 Å². The number of hydrogen-bond acceptors (Lipinski definition) is 3. The average molecular weight is 153 g/mol. The lowest BCUT2D eigenvalue weighted by molar-refractivity contribution is -0.431. The van der Waals surface area contributed by atoms with Gasteiger partial charge in [0.2, 0.25) is 0 Å². The van der Waals surface area contributed by atoms with E-state index in [9.17, 15) is 14.9 Å². The van der Waals surface area contributed by atoms with Crippen LogP contribution in [0.4, 0.5) is 0 Å². The second-order valence-electron chi connectivity index (χ2n) is 2.35. The van der Waals surface area contributed by atoms with Crippen LogP contribution in [0.1, 0.15) is 6.92 Å². The molecule has 0 aromatic carbocycles. The Morgan fingerprint density at radius 2 is 2.27 bits per heavy atom. The molecule has 0 amide bonds. The van der Waals surface area contributed by atoms with Gasteiger partial charge in [-0.05, 0) is 13.0 Å². The number of nitrogens with zero attached hydrogens (tertiary/aromatic N) is 1. The summed E-state index contributed by atoms with van der Waals surface area (Å²) in [4.78, 5) is 20.1. The van der Waals surface area contributed by atoms with Crippen molar-refractivity contribution in [1.29, 1.82) is 0 Å². The standard InChI is InChI=1S/C7H7NO3/c1-5-6(4-9)2-3-7(5)8(10)11/h2-5H,1H3. The van der Waals surface area contributed by atoms with Gasteiger partial charge in [0.25, 0.3) is 5.70 Å². The molecule has 0 saturated carbocycles. The summed E-state index contributed by atoms with van der Waals surface area (Å²) < 4.78 is 0. The molecule has 4 heteroatoms. The molecule has 0 radical (unpaired) electrons. The minimum atomic E-state index is -0.461. The molecule has 58 valence electrons. The Kier molecular flexibility index (Phi) is 1.85. The molecule has 0 spiro atoms. The van der Waals surface area contributed by atoms with Gasteiger partial charge >= 0.3 is 0 Å². The highest BCUT2D eigenvalue weighted by Gasteiger charge is 2.26. The molecular formula is C7H7NO3. The Balaban J connectivity index is 2.83. The predicted molar refractivity (Wildman–Crippen MR) is 38.4 cm³/mol. The fraction of sp³-hybridized carbons (Fsp3) is 0.286. The van der Waals surface area contributed by atoms with Crippen LogP contribution in [0, 0.1) is 16.0 Å². The SMILES string of the molecule is CC1C(C=O)=CC=C1[N+](=O)[O-]. The van der Waals surface area contributed by atoms with Crippen LogP contribution in [0.2, 0.25) is 0 Å². The van der Waals surface area contributed by atoms with Gasteiger partial charge in [-0.3, -0.25) is 14.9 Å². The van der Waals surface area contributed by atoms with E-state index in [4.69, 9.17) is 0 Å². The van der Waals surface area contributed by atoms with Crippen LogP contribution >= 0.6 is 0 Å². The van der Waals surface area contributed by atoms with Gasteiger partial charge in [0.1, 0.15) is 6.29 Å². The summed E-state index contributed by atoms with van der Waals surface area (Å²) in [6.45, 7) is 1.64. The molecular weight excluding hydrogens is 146 g/mol. The van der Waals surface area contributed by atoms with Crippen LogP contribution in [-0.4, -0.2) is 11.2 Å². The minimum Gasteiger partial charge on any atom is -0.298 e. The zero-order chi connectivity index (χ0) is 8.43. The maximum absolute atomic E-state index is 10.3. The molecule has 0 aliphatic heterocycles. The summed E-state index contributed by atoms with van der Waals surface area (Å²) in [5, 5.41) is 10.3. The molecule has 0 aromatic rings. The number of nitro groups is 1. The maximum Gasteiger partial charge on any atom is 0.253 e. The lowest BCUT2D eigenvalue weighted by Gasteiger charge is -2.00. The van der Waals surface area contributed by atoms with Gasteiger partial charge in [-0.15, -0.1) is 0 Å². The lowest BCUT2D eigenvalue weighted by Crippen LogP contribution is -2.07. The molecule has 1 unspecified atom stereocenters. The molecule has 1 aliphatic carbocycles. The van der Waals surface area contributed by atoms with Crippen molar-refractivity contribution in [2.45, 2.75) is 6.92 Å². The number of hydrogen-bond donors (Lipinski definition) is 0. The van der Waals surface area contributed by atoms with Gasteiger partial charge in [-0.2, -0.15) is 0 Å². The molecule has 11 heavy (non-hydrogen) atoms. The Labute approximate surface area is 63.4 Å². The second kappa shape index (κ2) is 2.65. The van der Waals surface area contributed by atoms with E-state index in [1.54, 1.807) is 6.92 Å². The lowest BCUT2D eigenvalue weighted by atomic mass is 10.0. The highest BCUT2D eigenvalue weighted by Crippen LogP contribution is 2.24. The average Bonchev–Trinajstić information content (AvgIpc) is 2.30. The molecule has 4 nitrogen and oxygen atoms in total. The molecule has 0 fully saturated rings. The zero-order valence-electron chi connectivity index (χ0n) is 5.98. The van der Waals surface area contributed by atoms with Crippen molar-refractivity contribution in [3.05, 3.63) is 33.5 Å². The van der Waals surface area contributed by atoms with Crippen molar-refractivity contribution in [1.82, 2.24) is 0 Å². The van der Waals surface area contributed by atoms with Crippen molar-refractivity contribution < 1.29 is 9.72 Å². The Morgan fingerprint density at radius 1 is 1.64 bits per heavy atom. The number of rotatable bonds is 2. The van der Waals surface area contributed by atoms with Crippen molar-refractivity contribution in [3.8, 4) is 0 Å². The van der Waals surface area contributed by atoms with Crippen LogP contribution in [0.5, 0.6) is 0 Å². The van der Waals surface area contributed by atoms with E-state index in [-0.39, 0.29) is 11.6 Å². The Hall–Kier alpha value is -1.45. The normalized spacial score (nSPS) is 22.5. The largest absolute Gasteiger partial charge is 0.298 e. The van der Waals surface area contributed by atoms with Gasteiger partial charge in [-0.25, -0.2) is 0 Å². The van der Waals surface area contributed by atoms with Crippen LogP contribution in [0.3, 0.4) is 0 Å². The second-order valence-corrected chi connectivity index (χ2v) is 2.35. The monoisotopic (exact) mass is 153 g/mol. The first kappa shape index (κ1) is 7.65. The van der Waals surface area contributed by atoms with E-state index in [0.29, 0.717) is 11.9 Å². The van der Waals surface area contributed by atoms with E-state index in [1.165, 1.54) is 12.2 Å². The third-order valence-electron chi connectivity index (χ3n) is 1.74. The van der Waals surface area contributed by atoms with E-state index in [2.05, 4.69) is 0 Å². The van der Waals surface area contributed by atoms with Crippen molar-refractivity contribution >= 4 is 6.29 Å². The van der Waals surface area contributed by atoms with E-state index in [1.807, 2.05) is 0 Å². The van der Waals surface area contributed by atoms with Crippen LogP contribution in [0.15, 0.2) is 23.4 Å². The Bertz CT molecular complexity index is 265. The van der Waals surface area contributed by atoms with E-state index >= 15 is 0 Å². The highest BCUT2D eigenvalue weighted by molar-refractivity contribution is 5.76. The number of carbonyl (C=O) groups is 1. The molecule has 1 aliphatic rings. The molecule has 1 atom stereocenters. The predicted octanol–water partition coefficient (Wildman–Crippen LogP) is 0.922. The summed E-state index contributed by atoms with van der Waals surface area (Å²) in [7, 11) is 0. The topological polar surface area (TPSA) is 60.2 Å². The van der Waals surface area contributed by atoms with Crippen molar-refractivity contribution in [2.75, 3.05) is 0 Å². The third kappa shape index (κ3) is 1.19. The zero-order valence-corrected chi connectivity index (χ0v) is 5.98. The molecule has 0 heterocycles. The maximum atomic E-state index is 10.3. The third-order valence-corrected chi connectivity index (χ3v) is 1.74. The van der Waals surface area contributed by atoms with E-state index in [0.717, 1.165) is 0 Å². The molecule has 0 saturated heterocycles. The van der Waals surface area contributed by atoms with Gasteiger partial charge < -0.3 is 0 Å². The quantitative estimate of drug-likeness (QED) is 0.336. The van der Waals surface area contributed by atoms with Gasteiger partial charge in [0.05, 0.1) is 10.8 Å². The highest BCUT2D eigenvalue weighted by atomic mass is 16.6. The van der Waals surface area contributed by atoms with Crippen LogP contribution < -0.4 is 0 Å². The molecule has 0 bridgehead atoms. The van der Waals surface area contributed by atoms with Crippen molar-refractivity contribution in [3.63, 3.8) is 0 Å². The smallest absolute Gasteiger partial charge is 0.253 e. The minimum absolute atomic E-state index is 0.0899. The van der Waals surface area contributed by atoms with Crippen LogP contribution in [0.25, 0.3) is 0 Å². The summed E-state index contributed by atoms with van der Waals surface area (Å²) in [6.07, 6.45) is 3.50. The number of aldehydes is 1. The number of allylic oxidation sites excluding steroid dienone is 3. The van der Waals surface area contributed by atoms with Crippen molar-refractivity contribution in [2.24, 2.45) is 5.92 Å². The van der Waals surface area contributed by atoms with E-state index < -0.39 is 4.92 Å². The first-order valence-electron chi connectivity index (χ1n) is 3.18. The summed E-state index contributed by atoms with van der Waals surface area (Å²) in [5.41, 5.74) is 0.559. The van der Waals surface area contributed by atoms with Crippen LogP contribution in [-0.2, 0) is 4.79 Å². The molecule has 0 N–H and O–H groups in total. The first-order valence-corrected chi connectivity index (χ1v) is 3.18. The van der Waals surface area contributed by atoms with Gasteiger partial charge in [0, 0.05) is 11.6 Å². The fourth-order valence-corrected chi connectivity index (χ4v) is 1.00. The summed E-state index contributed by atoms with van der Waals surface area (Å²) in [6, 6.07) is 0. The van der Waals surface area contributed by atoms with Gasteiger partial charge in [-0.1, -0.05) is 0 Å². The first-order chi connectivity index (χ1) is 5.16. The summed E-state index contributed by atoms with van der Waals surface area (Å²) >= 11 is 0. The summed E-state index contributed by atoms with van der Waals surface area (Å²) in [5.74, 6) is -0.359. The Morgan fingerprint density at radius 3 is 2.55 bits per heavy atom. The molecule has 0 aromatic heterocycles.